The molecule has 0 saturated carbocycles. The van der Waals surface area contributed by atoms with Gasteiger partial charge in [-0.3, -0.25) is 4.79 Å². The summed E-state index contributed by atoms with van der Waals surface area (Å²) in [6.45, 7) is 1.57. The molecule has 1 atom stereocenters. The average molecular weight is 195 g/mol. The zero-order chi connectivity index (χ0) is 10.6. The first kappa shape index (κ1) is 10.5. The van der Waals surface area contributed by atoms with Crippen molar-refractivity contribution in [1.82, 2.24) is 0 Å². The first-order chi connectivity index (χ1) is 6.63. The Morgan fingerprint density at radius 2 is 2.00 bits per heavy atom. The minimum Gasteiger partial charge on any atom is -0.480 e. The molecule has 0 aliphatic rings. The highest BCUT2D eigenvalue weighted by atomic mass is 16.4. The van der Waals surface area contributed by atoms with E-state index in [0.29, 0.717) is 0 Å². The number of carbonyl (C=O) groups is 1. The Labute approximate surface area is 82.2 Å². The third-order valence-corrected chi connectivity index (χ3v) is 1.89. The molecule has 0 aromatic heterocycles. The third kappa shape index (κ3) is 2.74. The van der Waals surface area contributed by atoms with Gasteiger partial charge in [0.1, 0.15) is 6.04 Å². The van der Waals surface area contributed by atoms with Crippen molar-refractivity contribution in [3.8, 4) is 0 Å². The van der Waals surface area contributed by atoms with E-state index in [1.807, 2.05) is 0 Å². The number of carboxylic acid groups (broad SMARTS) is 1. The number of nitrogens with one attached hydrogen (secondary N) is 1. The number of anilines is 1. The Morgan fingerprint density at radius 3 is 2.43 bits per heavy atom. The molecule has 1 aromatic carbocycles. The molecule has 0 radical (unpaired) electrons. The van der Waals surface area contributed by atoms with E-state index < -0.39 is 12.0 Å². The minimum atomic E-state index is -0.892. The summed E-state index contributed by atoms with van der Waals surface area (Å²) in [5.74, 6) is -0.892. The summed E-state index contributed by atoms with van der Waals surface area (Å²) < 4.78 is 0. The van der Waals surface area contributed by atoms with Gasteiger partial charge >= 0.3 is 5.97 Å². The molecule has 0 aliphatic heterocycles. The van der Waals surface area contributed by atoms with Crippen LogP contribution in [0.2, 0.25) is 0 Å². The quantitative estimate of drug-likeness (QED) is 0.672. The van der Waals surface area contributed by atoms with Gasteiger partial charge in [-0.1, -0.05) is 12.1 Å². The van der Waals surface area contributed by atoms with Crippen molar-refractivity contribution in [3.63, 3.8) is 0 Å². The Balaban J connectivity index is 2.64. The predicted octanol–water partition coefficient (Wildman–Crippen LogP) is 1.06. The number of hydrogen-bond acceptors (Lipinski definition) is 3. The highest BCUT2D eigenvalue weighted by Crippen LogP contribution is 2.10. The molecule has 3 N–H and O–H groups in total. The van der Waals surface area contributed by atoms with Crippen molar-refractivity contribution < 1.29 is 15.0 Å². The van der Waals surface area contributed by atoms with E-state index in [9.17, 15) is 4.79 Å². The van der Waals surface area contributed by atoms with Gasteiger partial charge in [0.15, 0.2) is 0 Å². The number of aliphatic hydroxyl groups is 1. The van der Waals surface area contributed by atoms with Crippen LogP contribution in [0.4, 0.5) is 5.69 Å². The maximum Gasteiger partial charge on any atom is 0.325 e. The van der Waals surface area contributed by atoms with Crippen LogP contribution in [0, 0.1) is 0 Å². The summed E-state index contributed by atoms with van der Waals surface area (Å²) in [4.78, 5) is 10.5. The summed E-state index contributed by atoms with van der Waals surface area (Å²) in [5.41, 5.74) is 1.54. The molecule has 0 saturated heterocycles. The van der Waals surface area contributed by atoms with Crippen molar-refractivity contribution in [3.05, 3.63) is 29.8 Å². The van der Waals surface area contributed by atoms with Gasteiger partial charge in [-0.15, -0.1) is 0 Å². The number of rotatable bonds is 4. The third-order valence-electron chi connectivity index (χ3n) is 1.89. The second kappa shape index (κ2) is 4.62. The van der Waals surface area contributed by atoms with Crippen LogP contribution in [0.3, 0.4) is 0 Å². The SMILES string of the molecule is C[C@H](Nc1ccc(CO)cc1)C(=O)O. The summed E-state index contributed by atoms with van der Waals surface area (Å²) in [6.07, 6.45) is 0. The molecule has 4 heteroatoms. The van der Waals surface area contributed by atoms with Crippen LogP contribution in [0.25, 0.3) is 0 Å². The lowest BCUT2D eigenvalue weighted by atomic mass is 10.2. The molecule has 0 amide bonds. The van der Waals surface area contributed by atoms with Gasteiger partial charge in [-0.05, 0) is 24.6 Å². The van der Waals surface area contributed by atoms with Gasteiger partial charge in [-0.25, -0.2) is 0 Å². The number of hydrogen-bond donors (Lipinski definition) is 3. The van der Waals surface area contributed by atoms with E-state index >= 15 is 0 Å². The smallest absolute Gasteiger partial charge is 0.325 e. The van der Waals surface area contributed by atoms with E-state index in [1.165, 1.54) is 0 Å². The highest BCUT2D eigenvalue weighted by molar-refractivity contribution is 5.76. The molecule has 0 heterocycles. The summed E-state index contributed by atoms with van der Waals surface area (Å²) >= 11 is 0. The molecule has 76 valence electrons. The molecule has 0 aliphatic carbocycles. The number of aliphatic carboxylic acids is 1. The molecule has 14 heavy (non-hydrogen) atoms. The summed E-state index contributed by atoms with van der Waals surface area (Å²) in [5, 5.41) is 20.2. The monoisotopic (exact) mass is 195 g/mol. The van der Waals surface area contributed by atoms with Crippen LogP contribution in [-0.2, 0) is 11.4 Å². The van der Waals surface area contributed by atoms with Crippen LogP contribution in [0.5, 0.6) is 0 Å². The Kier molecular flexibility index (Phi) is 3.48. The number of aliphatic hydroxyl groups excluding tert-OH is 1. The van der Waals surface area contributed by atoms with E-state index in [2.05, 4.69) is 5.32 Å². The van der Waals surface area contributed by atoms with Crippen LogP contribution in [0.15, 0.2) is 24.3 Å². The first-order valence-electron chi connectivity index (χ1n) is 4.32. The summed E-state index contributed by atoms with van der Waals surface area (Å²) in [6, 6.07) is 6.36. The van der Waals surface area contributed by atoms with E-state index in [1.54, 1.807) is 31.2 Å². The maximum atomic E-state index is 10.5. The van der Waals surface area contributed by atoms with Crippen molar-refractivity contribution in [2.24, 2.45) is 0 Å². The molecule has 1 rings (SSSR count). The molecule has 1 aromatic rings. The predicted molar refractivity (Wildman–Crippen MR) is 53.1 cm³/mol. The average Bonchev–Trinajstić information content (AvgIpc) is 2.19. The van der Waals surface area contributed by atoms with Crippen LogP contribution >= 0.6 is 0 Å². The largest absolute Gasteiger partial charge is 0.480 e. The lowest BCUT2D eigenvalue weighted by Crippen LogP contribution is -2.25. The summed E-state index contributed by atoms with van der Waals surface area (Å²) in [7, 11) is 0. The number of carboxylic acids is 1. The molecule has 0 spiro atoms. The van der Waals surface area contributed by atoms with Crippen molar-refractivity contribution in [2.75, 3.05) is 5.32 Å². The van der Waals surface area contributed by atoms with E-state index in [4.69, 9.17) is 10.2 Å². The zero-order valence-corrected chi connectivity index (χ0v) is 7.90. The topological polar surface area (TPSA) is 69.6 Å². The minimum absolute atomic E-state index is 0.00519. The molecule has 0 fully saturated rings. The van der Waals surface area contributed by atoms with Gasteiger partial charge in [0.05, 0.1) is 6.61 Å². The van der Waals surface area contributed by atoms with Crippen LogP contribution < -0.4 is 5.32 Å². The fourth-order valence-electron chi connectivity index (χ4n) is 1.02. The van der Waals surface area contributed by atoms with Crippen LogP contribution in [0.1, 0.15) is 12.5 Å². The Morgan fingerprint density at radius 1 is 1.43 bits per heavy atom. The van der Waals surface area contributed by atoms with E-state index in [-0.39, 0.29) is 6.61 Å². The van der Waals surface area contributed by atoms with Crippen LogP contribution in [-0.4, -0.2) is 22.2 Å². The van der Waals surface area contributed by atoms with Gasteiger partial charge < -0.3 is 15.5 Å². The molecular formula is C10H13NO3. The number of benzene rings is 1. The van der Waals surface area contributed by atoms with E-state index in [0.717, 1.165) is 11.3 Å². The molecular weight excluding hydrogens is 182 g/mol. The van der Waals surface area contributed by atoms with Gasteiger partial charge in [0, 0.05) is 5.69 Å². The lowest BCUT2D eigenvalue weighted by molar-refractivity contribution is -0.137. The maximum absolute atomic E-state index is 10.5. The van der Waals surface area contributed by atoms with Crippen molar-refractivity contribution in [2.45, 2.75) is 19.6 Å². The fraction of sp³-hybridized carbons (Fsp3) is 0.300. The highest BCUT2D eigenvalue weighted by Gasteiger charge is 2.09. The second-order valence-corrected chi connectivity index (χ2v) is 3.06. The zero-order valence-electron chi connectivity index (χ0n) is 7.90. The van der Waals surface area contributed by atoms with Crippen molar-refractivity contribution >= 4 is 11.7 Å². The Hall–Kier alpha value is -1.55. The molecule has 0 unspecified atom stereocenters. The Bertz CT molecular complexity index is 308. The van der Waals surface area contributed by atoms with Gasteiger partial charge in [0.2, 0.25) is 0 Å². The van der Waals surface area contributed by atoms with Crippen molar-refractivity contribution in [1.29, 1.82) is 0 Å². The molecule has 0 bridgehead atoms. The fourth-order valence-corrected chi connectivity index (χ4v) is 1.02. The lowest BCUT2D eigenvalue weighted by Gasteiger charge is -2.10. The van der Waals surface area contributed by atoms with Gasteiger partial charge in [0.25, 0.3) is 0 Å². The van der Waals surface area contributed by atoms with Gasteiger partial charge in [-0.2, -0.15) is 0 Å². The standard InChI is InChI=1S/C10H13NO3/c1-7(10(13)14)11-9-4-2-8(6-12)3-5-9/h2-5,7,11-12H,6H2,1H3,(H,13,14)/t7-/m0/s1. The normalized spacial score (nSPS) is 12.1. The second-order valence-electron chi connectivity index (χ2n) is 3.06. The molecule has 4 nitrogen and oxygen atoms in total. The first-order valence-corrected chi connectivity index (χ1v) is 4.32.